The van der Waals surface area contributed by atoms with Crippen LogP contribution in [0.25, 0.3) is 11.0 Å². The van der Waals surface area contributed by atoms with Gasteiger partial charge in [0.05, 0.1) is 5.54 Å². The average molecular weight is 367 g/mol. The zero-order valence-corrected chi connectivity index (χ0v) is 15.4. The van der Waals surface area contributed by atoms with E-state index in [4.69, 9.17) is 9.52 Å². The molecule has 1 saturated carbocycles. The highest BCUT2D eigenvalue weighted by atomic mass is 16.4. The van der Waals surface area contributed by atoms with Crippen LogP contribution in [0.15, 0.2) is 34.7 Å². The van der Waals surface area contributed by atoms with Crippen molar-refractivity contribution in [3.05, 3.63) is 47.5 Å². The molecule has 140 valence electrons. The molecule has 1 fully saturated rings. The Kier molecular flexibility index (Phi) is 3.83. The SMILES string of the molecule is CC(C)(C)n1nc(C(=O)Nc2ccc3oc(C(=O)O)cc3c2)cc1C1CC1. The van der Waals surface area contributed by atoms with E-state index in [1.807, 2.05) is 10.7 Å². The standard InChI is InChI=1S/C20H21N3O4/c1-20(2,3)23-15(11-4-5-11)10-14(22-23)18(24)21-13-6-7-16-12(8-13)9-17(27-16)19(25)26/h6-11H,4-5H2,1-3H3,(H,21,24)(H,25,26). The molecule has 1 aliphatic rings. The van der Waals surface area contributed by atoms with E-state index >= 15 is 0 Å². The van der Waals surface area contributed by atoms with E-state index in [1.54, 1.807) is 18.2 Å². The molecule has 7 heteroatoms. The molecular weight excluding hydrogens is 346 g/mol. The molecule has 0 bridgehead atoms. The Hall–Kier alpha value is -3.09. The molecule has 3 aromatic rings. The Labute approximate surface area is 156 Å². The van der Waals surface area contributed by atoms with Crippen molar-refractivity contribution >= 4 is 28.5 Å². The van der Waals surface area contributed by atoms with E-state index in [2.05, 4.69) is 31.2 Å². The third-order valence-electron chi connectivity index (χ3n) is 4.59. The van der Waals surface area contributed by atoms with Crippen molar-refractivity contribution in [3.63, 3.8) is 0 Å². The molecule has 4 rings (SSSR count). The Bertz CT molecular complexity index is 1050. The normalized spacial score (nSPS) is 14.5. The molecule has 2 aromatic heterocycles. The maximum atomic E-state index is 12.7. The zero-order chi connectivity index (χ0) is 19.3. The maximum Gasteiger partial charge on any atom is 0.371 e. The largest absolute Gasteiger partial charge is 0.475 e. The third kappa shape index (κ3) is 3.32. The highest BCUT2D eigenvalue weighted by Gasteiger charge is 2.32. The summed E-state index contributed by atoms with van der Waals surface area (Å²) >= 11 is 0. The van der Waals surface area contributed by atoms with Crippen molar-refractivity contribution in [2.75, 3.05) is 5.32 Å². The molecule has 0 radical (unpaired) electrons. The number of nitrogens with zero attached hydrogens (tertiary/aromatic N) is 2. The summed E-state index contributed by atoms with van der Waals surface area (Å²) in [6.07, 6.45) is 2.26. The summed E-state index contributed by atoms with van der Waals surface area (Å²) in [4.78, 5) is 23.7. The molecule has 1 aromatic carbocycles. The lowest BCUT2D eigenvalue weighted by Gasteiger charge is -2.22. The van der Waals surface area contributed by atoms with Gasteiger partial charge in [-0.1, -0.05) is 0 Å². The Morgan fingerprint density at radius 2 is 1.96 bits per heavy atom. The number of furan rings is 1. The quantitative estimate of drug-likeness (QED) is 0.720. The number of benzene rings is 1. The van der Waals surface area contributed by atoms with Crippen LogP contribution in [-0.2, 0) is 5.54 Å². The van der Waals surface area contributed by atoms with Crippen LogP contribution in [0, 0.1) is 0 Å². The van der Waals surface area contributed by atoms with Gasteiger partial charge in [0.2, 0.25) is 5.76 Å². The number of hydrogen-bond donors (Lipinski definition) is 2. The lowest BCUT2D eigenvalue weighted by atomic mass is 10.1. The minimum Gasteiger partial charge on any atom is -0.475 e. The predicted molar refractivity (Wildman–Crippen MR) is 100 cm³/mol. The fraction of sp³-hybridized carbons (Fsp3) is 0.350. The van der Waals surface area contributed by atoms with Gasteiger partial charge in [0.25, 0.3) is 5.91 Å². The molecule has 0 saturated heterocycles. The van der Waals surface area contributed by atoms with Crippen LogP contribution in [0.2, 0.25) is 0 Å². The molecule has 0 unspecified atom stereocenters. The number of rotatable bonds is 4. The lowest BCUT2D eigenvalue weighted by Crippen LogP contribution is -2.25. The third-order valence-corrected chi connectivity index (χ3v) is 4.59. The fourth-order valence-electron chi connectivity index (χ4n) is 3.14. The summed E-state index contributed by atoms with van der Waals surface area (Å²) in [7, 11) is 0. The van der Waals surface area contributed by atoms with Gasteiger partial charge in [0, 0.05) is 22.7 Å². The number of carboxylic acids is 1. The second-order valence-electron chi connectivity index (χ2n) is 7.93. The van der Waals surface area contributed by atoms with Crippen LogP contribution in [0.4, 0.5) is 5.69 Å². The number of aromatic nitrogens is 2. The van der Waals surface area contributed by atoms with E-state index in [0.29, 0.717) is 28.3 Å². The Morgan fingerprint density at radius 3 is 2.59 bits per heavy atom. The van der Waals surface area contributed by atoms with Gasteiger partial charge in [-0.3, -0.25) is 9.48 Å². The maximum absolute atomic E-state index is 12.7. The number of nitrogens with one attached hydrogen (secondary N) is 1. The van der Waals surface area contributed by atoms with Crippen molar-refractivity contribution < 1.29 is 19.1 Å². The number of carbonyl (C=O) groups is 2. The highest BCUT2D eigenvalue weighted by molar-refractivity contribution is 6.04. The molecule has 1 amide bonds. The van der Waals surface area contributed by atoms with Gasteiger partial charge in [-0.05, 0) is 63.9 Å². The number of anilines is 1. The minimum absolute atomic E-state index is 0.133. The summed E-state index contributed by atoms with van der Waals surface area (Å²) in [5.74, 6) is -1.07. The molecule has 2 heterocycles. The number of fused-ring (bicyclic) bond motifs is 1. The van der Waals surface area contributed by atoms with Gasteiger partial charge in [-0.15, -0.1) is 0 Å². The van der Waals surface area contributed by atoms with Crippen LogP contribution in [-0.4, -0.2) is 26.8 Å². The number of carboxylic acid groups (broad SMARTS) is 1. The van der Waals surface area contributed by atoms with Crippen LogP contribution in [0.3, 0.4) is 0 Å². The van der Waals surface area contributed by atoms with Crippen LogP contribution in [0.5, 0.6) is 0 Å². The second-order valence-corrected chi connectivity index (χ2v) is 7.93. The summed E-state index contributed by atoms with van der Waals surface area (Å²) in [6, 6.07) is 8.31. The summed E-state index contributed by atoms with van der Waals surface area (Å²) in [5.41, 5.74) is 2.30. The van der Waals surface area contributed by atoms with E-state index in [1.165, 1.54) is 6.07 Å². The molecule has 0 spiro atoms. The number of aromatic carboxylic acids is 1. The second kappa shape index (κ2) is 5.97. The first-order chi connectivity index (χ1) is 12.7. The zero-order valence-electron chi connectivity index (χ0n) is 15.4. The summed E-state index contributed by atoms with van der Waals surface area (Å²) in [5, 5.41) is 17.0. The van der Waals surface area contributed by atoms with E-state index in [-0.39, 0.29) is 17.2 Å². The molecule has 27 heavy (non-hydrogen) atoms. The molecule has 0 aliphatic heterocycles. The first kappa shape index (κ1) is 17.3. The van der Waals surface area contributed by atoms with Crippen LogP contribution in [0.1, 0.15) is 66.3 Å². The monoisotopic (exact) mass is 367 g/mol. The van der Waals surface area contributed by atoms with Crippen LogP contribution < -0.4 is 5.32 Å². The summed E-state index contributed by atoms with van der Waals surface area (Å²) in [6.45, 7) is 6.21. The van der Waals surface area contributed by atoms with Gasteiger partial charge >= 0.3 is 5.97 Å². The highest BCUT2D eigenvalue weighted by Crippen LogP contribution is 2.41. The van der Waals surface area contributed by atoms with Crippen molar-refractivity contribution in [1.29, 1.82) is 0 Å². The smallest absolute Gasteiger partial charge is 0.371 e. The van der Waals surface area contributed by atoms with Gasteiger partial charge in [-0.25, -0.2) is 4.79 Å². The minimum atomic E-state index is -1.13. The Morgan fingerprint density at radius 1 is 1.22 bits per heavy atom. The van der Waals surface area contributed by atoms with Gasteiger partial charge in [0.1, 0.15) is 5.58 Å². The first-order valence-corrected chi connectivity index (χ1v) is 8.91. The first-order valence-electron chi connectivity index (χ1n) is 8.91. The number of amides is 1. The average Bonchev–Trinajstić information content (AvgIpc) is 3.17. The number of carbonyl (C=O) groups excluding carboxylic acids is 1. The van der Waals surface area contributed by atoms with Gasteiger partial charge < -0.3 is 14.8 Å². The molecule has 2 N–H and O–H groups in total. The van der Waals surface area contributed by atoms with Gasteiger partial charge in [0.15, 0.2) is 5.69 Å². The van der Waals surface area contributed by atoms with Crippen molar-refractivity contribution in [2.45, 2.75) is 45.1 Å². The fourth-order valence-corrected chi connectivity index (χ4v) is 3.14. The van der Waals surface area contributed by atoms with Crippen molar-refractivity contribution in [3.8, 4) is 0 Å². The van der Waals surface area contributed by atoms with Crippen molar-refractivity contribution in [2.24, 2.45) is 0 Å². The van der Waals surface area contributed by atoms with E-state index < -0.39 is 5.97 Å². The van der Waals surface area contributed by atoms with E-state index in [9.17, 15) is 9.59 Å². The molecule has 1 aliphatic carbocycles. The topological polar surface area (TPSA) is 97.4 Å². The molecule has 0 atom stereocenters. The molecular formula is C20H21N3O4. The summed E-state index contributed by atoms with van der Waals surface area (Å²) < 4.78 is 7.18. The lowest BCUT2D eigenvalue weighted by molar-refractivity contribution is 0.0665. The predicted octanol–water partition coefficient (Wildman–Crippen LogP) is 4.21. The van der Waals surface area contributed by atoms with Gasteiger partial charge in [-0.2, -0.15) is 5.10 Å². The van der Waals surface area contributed by atoms with Crippen molar-refractivity contribution in [1.82, 2.24) is 9.78 Å². The number of hydrogen-bond acceptors (Lipinski definition) is 4. The van der Waals surface area contributed by atoms with Crippen LogP contribution >= 0.6 is 0 Å². The van der Waals surface area contributed by atoms with E-state index in [0.717, 1.165) is 18.5 Å². The molecule has 7 nitrogen and oxygen atoms in total. The Balaban J connectivity index is 1.60.